The quantitative estimate of drug-likeness (QED) is 0.481. The average Bonchev–Trinajstić information content (AvgIpc) is 2.85. The maximum absolute atomic E-state index is 12.9. The molecule has 5 nitrogen and oxygen atoms in total. The molecule has 4 N–H and O–H groups in total. The summed E-state index contributed by atoms with van der Waals surface area (Å²) in [6.07, 6.45) is 10.0. The third-order valence-corrected chi connectivity index (χ3v) is 7.61. The van der Waals surface area contributed by atoms with E-state index in [9.17, 15) is 4.79 Å². The molecule has 2 aromatic carbocycles. The van der Waals surface area contributed by atoms with E-state index in [1.54, 1.807) is 0 Å². The normalized spacial score (nSPS) is 22.0. The van der Waals surface area contributed by atoms with E-state index in [-0.39, 0.29) is 5.91 Å². The van der Waals surface area contributed by atoms with E-state index in [1.165, 1.54) is 49.3 Å². The first kappa shape index (κ1) is 24.2. The van der Waals surface area contributed by atoms with Gasteiger partial charge in [-0.05, 0) is 93.3 Å². The van der Waals surface area contributed by atoms with Crippen molar-refractivity contribution in [3.05, 3.63) is 48.0 Å². The van der Waals surface area contributed by atoms with Gasteiger partial charge in [0.15, 0.2) is 0 Å². The molecule has 0 spiro atoms. The highest BCUT2D eigenvalue weighted by molar-refractivity contribution is 5.90. The van der Waals surface area contributed by atoms with Crippen molar-refractivity contribution in [1.29, 1.82) is 0 Å². The molecule has 2 fully saturated rings. The molecule has 0 unspecified atom stereocenters. The van der Waals surface area contributed by atoms with Crippen molar-refractivity contribution in [1.82, 2.24) is 15.5 Å². The first-order chi connectivity index (χ1) is 16.2. The summed E-state index contributed by atoms with van der Waals surface area (Å²) in [7, 11) is 0. The summed E-state index contributed by atoms with van der Waals surface area (Å²) in [6, 6.07) is 15.7. The fraction of sp³-hybridized carbons (Fsp3) is 0.607. The van der Waals surface area contributed by atoms with E-state index < -0.39 is 0 Å². The van der Waals surface area contributed by atoms with Crippen LogP contribution in [0.4, 0.5) is 0 Å². The molecule has 1 saturated carbocycles. The molecule has 0 aromatic heterocycles. The highest BCUT2D eigenvalue weighted by atomic mass is 16.2. The average molecular weight is 451 g/mol. The maximum Gasteiger partial charge on any atom is 0.227 e. The van der Waals surface area contributed by atoms with Crippen molar-refractivity contribution >= 4 is 16.7 Å². The third-order valence-electron chi connectivity index (χ3n) is 7.61. The zero-order chi connectivity index (χ0) is 22.9. The molecule has 0 bridgehead atoms. The van der Waals surface area contributed by atoms with Crippen molar-refractivity contribution in [2.45, 2.75) is 69.9 Å². The molecule has 1 amide bonds. The van der Waals surface area contributed by atoms with Gasteiger partial charge in [-0.1, -0.05) is 42.5 Å². The Labute approximate surface area is 199 Å². The molecule has 33 heavy (non-hydrogen) atoms. The van der Waals surface area contributed by atoms with E-state index in [0.29, 0.717) is 24.4 Å². The van der Waals surface area contributed by atoms with Crippen LogP contribution in [0.1, 0.15) is 56.9 Å². The van der Waals surface area contributed by atoms with E-state index in [4.69, 9.17) is 5.73 Å². The van der Waals surface area contributed by atoms with Gasteiger partial charge in [0.05, 0.1) is 6.42 Å². The van der Waals surface area contributed by atoms with E-state index in [0.717, 1.165) is 51.1 Å². The molecular weight excluding hydrogens is 408 g/mol. The fourth-order valence-electron chi connectivity index (χ4n) is 5.42. The number of hydrogen-bond acceptors (Lipinski definition) is 4. The van der Waals surface area contributed by atoms with Crippen molar-refractivity contribution in [3.8, 4) is 0 Å². The van der Waals surface area contributed by atoms with Crippen LogP contribution in [0.25, 0.3) is 10.8 Å². The number of carbonyl (C=O) groups is 1. The smallest absolute Gasteiger partial charge is 0.227 e. The van der Waals surface area contributed by atoms with Crippen LogP contribution in [-0.2, 0) is 11.2 Å². The lowest BCUT2D eigenvalue weighted by Crippen LogP contribution is -2.41. The maximum atomic E-state index is 12.9. The third kappa shape index (κ3) is 7.26. The molecule has 1 saturated heterocycles. The summed E-state index contributed by atoms with van der Waals surface area (Å²) in [5.41, 5.74) is 7.13. The van der Waals surface area contributed by atoms with Crippen molar-refractivity contribution in [3.63, 3.8) is 0 Å². The van der Waals surface area contributed by atoms with Crippen molar-refractivity contribution in [2.24, 2.45) is 11.7 Å². The Morgan fingerprint density at radius 1 is 0.909 bits per heavy atom. The lowest BCUT2D eigenvalue weighted by Gasteiger charge is -2.32. The summed E-state index contributed by atoms with van der Waals surface area (Å²) < 4.78 is 0. The van der Waals surface area contributed by atoms with Gasteiger partial charge in [-0.3, -0.25) is 4.79 Å². The van der Waals surface area contributed by atoms with Crippen LogP contribution in [0, 0.1) is 5.92 Å². The van der Waals surface area contributed by atoms with Crippen molar-refractivity contribution in [2.75, 3.05) is 32.7 Å². The van der Waals surface area contributed by atoms with E-state index in [1.807, 2.05) is 0 Å². The van der Waals surface area contributed by atoms with Crippen LogP contribution in [-0.4, -0.2) is 55.6 Å². The van der Waals surface area contributed by atoms with Gasteiger partial charge in [0, 0.05) is 25.2 Å². The zero-order valence-electron chi connectivity index (χ0n) is 20.1. The number of benzene rings is 2. The number of piperidine rings is 1. The van der Waals surface area contributed by atoms with Gasteiger partial charge in [0.2, 0.25) is 5.91 Å². The second-order valence-corrected chi connectivity index (χ2v) is 10.1. The van der Waals surface area contributed by atoms with Crippen LogP contribution < -0.4 is 16.4 Å². The van der Waals surface area contributed by atoms with Gasteiger partial charge in [0.1, 0.15) is 0 Å². The largest absolute Gasteiger partial charge is 0.342 e. The van der Waals surface area contributed by atoms with Crippen LogP contribution in [0.15, 0.2) is 42.5 Å². The summed E-state index contributed by atoms with van der Waals surface area (Å²) >= 11 is 0. The Morgan fingerprint density at radius 2 is 1.64 bits per heavy atom. The fourth-order valence-corrected chi connectivity index (χ4v) is 5.42. The Bertz CT molecular complexity index is 864. The molecule has 180 valence electrons. The van der Waals surface area contributed by atoms with E-state index in [2.05, 4.69) is 58.0 Å². The first-order valence-electron chi connectivity index (χ1n) is 13.1. The number of rotatable bonds is 10. The highest BCUT2D eigenvalue weighted by Crippen LogP contribution is 2.22. The van der Waals surface area contributed by atoms with Crippen molar-refractivity contribution < 1.29 is 4.79 Å². The van der Waals surface area contributed by atoms with Crippen LogP contribution in [0.3, 0.4) is 0 Å². The summed E-state index contributed by atoms with van der Waals surface area (Å²) in [6.45, 7) is 5.09. The summed E-state index contributed by atoms with van der Waals surface area (Å²) in [5.74, 6) is 0.960. The minimum absolute atomic E-state index is 0.269. The van der Waals surface area contributed by atoms with Gasteiger partial charge in [-0.25, -0.2) is 0 Å². The van der Waals surface area contributed by atoms with Crippen LogP contribution in [0.5, 0.6) is 0 Å². The molecule has 2 aliphatic rings. The summed E-state index contributed by atoms with van der Waals surface area (Å²) in [5, 5.41) is 9.77. The first-order valence-corrected chi connectivity index (χ1v) is 13.1. The molecule has 2 aromatic rings. The standard InChI is InChI=1S/C28H42N4O/c29-25-10-12-26(13-11-25)31-17-4-3-16-30-21-22-14-18-32(19-15-22)28(33)20-24-8-5-7-23-6-1-2-9-27(23)24/h1-2,5-9,22,25-26,30-31H,3-4,10-21,29H2. The lowest BCUT2D eigenvalue weighted by atomic mass is 9.92. The number of nitrogens with two attached hydrogens (primary N) is 1. The number of nitrogens with zero attached hydrogens (tertiary/aromatic N) is 1. The minimum atomic E-state index is 0.269. The Kier molecular flexibility index (Phi) is 9.16. The van der Waals surface area contributed by atoms with Gasteiger partial charge in [-0.2, -0.15) is 0 Å². The van der Waals surface area contributed by atoms with Crippen LogP contribution >= 0.6 is 0 Å². The zero-order valence-corrected chi connectivity index (χ0v) is 20.1. The topological polar surface area (TPSA) is 70.4 Å². The monoisotopic (exact) mass is 450 g/mol. The molecule has 1 aliphatic carbocycles. The van der Waals surface area contributed by atoms with Gasteiger partial charge in [-0.15, -0.1) is 0 Å². The number of nitrogens with one attached hydrogen (secondary N) is 2. The molecule has 4 rings (SSSR count). The molecule has 5 heteroatoms. The second kappa shape index (κ2) is 12.5. The van der Waals surface area contributed by atoms with Crippen LogP contribution in [0.2, 0.25) is 0 Å². The van der Waals surface area contributed by atoms with Gasteiger partial charge in [0.25, 0.3) is 0 Å². The molecule has 1 heterocycles. The highest BCUT2D eigenvalue weighted by Gasteiger charge is 2.23. The Hall–Kier alpha value is -1.95. The number of carbonyl (C=O) groups excluding carboxylic acids is 1. The number of unbranched alkanes of at least 4 members (excludes halogenated alkanes) is 1. The second-order valence-electron chi connectivity index (χ2n) is 10.1. The minimum Gasteiger partial charge on any atom is -0.342 e. The Balaban J connectivity index is 1.07. The lowest BCUT2D eigenvalue weighted by molar-refractivity contribution is -0.131. The number of fused-ring (bicyclic) bond motifs is 1. The molecule has 0 radical (unpaired) electrons. The predicted octanol–water partition coefficient (Wildman–Crippen LogP) is 3.85. The van der Waals surface area contributed by atoms with E-state index >= 15 is 0 Å². The number of hydrogen-bond donors (Lipinski definition) is 3. The SMILES string of the molecule is NC1CCC(NCCCCNCC2CCN(C(=O)Cc3cccc4ccccc34)CC2)CC1. The molecule has 1 aliphatic heterocycles. The molecular formula is C28H42N4O. The number of likely N-dealkylation sites (tertiary alicyclic amines) is 1. The predicted molar refractivity (Wildman–Crippen MR) is 137 cm³/mol. The van der Waals surface area contributed by atoms with Gasteiger partial charge >= 0.3 is 0 Å². The Morgan fingerprint density at radius 3 is 2.45 bits per heavy atom. The summed E-state index contributed by atoms with van der Waals surface area (Å²) in [4.78, 5) is 15.0. The number of amides is 1. The van der Waals surface area contributed by atoms with Gasteiger partial charge < -0.3 is 21.3 Å². The molecule has 0 atom stereocenters.